The van der Waals surface area contributed by atoms with E-state index >= 15 is 0 Å². The molecule has 0 amide bonds. The predicted octanol–water partition coefficient (Wildman–Crippen LogP) is 1.56. The fraction of sp³-hybridized carbons (Fsp3) is 0.429. The maximum absolute atomic E-state index is 5.34. The van der Waals surface area contributed by atoms with Crippen molar-refractivity contribution in [3.63, 3.8) is 0 Å². The summed E-state index contributed by atoms with van der Waals surface area (Å²) in [6.07, 6.45) is 3.58. The van der Waals surface area contributed by atoms with Crippen LogP contribution in [0.2, 0.25) is 0 Å². The molecule has 1 saturated heterocycles. The molecule has 106 valence electrons. The lowest BCUT2D eigenvalue weighted by molar-refractivity contribution is 0.122. The van der Waals surface area contributed by atoms with Crippen LogP contribution in [0, 0.1) is 6.92 Å². The van der Waals surface area contributed by atoms with Crippen LogP contribution in [-0.4, -0.2) is 41.3 Å². The zero-order valence-electron chi connectivity index (χ0n) is 11.6. The van der Waals surface area contributed by atoms with Gasteiger partial charge in [-0.15, -0.1) is 0 Å². The van der Waals surface area contributed by atoms with Gasteiger partial charge in [0, 0.05) is 18.8 Å². The van der Waals surface area contributed by atoms with Crippen molar-refractivity contribution >= 4 is 11.5 Å². The molecule has 3 rings (SSSR count). The van der Waals surface area contributed by atoms with Crippen molar-refractivity contribution in [2.24, 2.45) is 0 Å². The number of hydrogen-bond donors (Lipinski definition) is 2. The quantitative estimate of drug-likeness (QED) is 0.885. The van der Waals surface area contributed by atoms with Crippen molar-refractivity contribution in [3.05, 3.63) is 36.0 Å². The number of anilines is 2. The molecular weight excluding hydrogens is 254 g/mol. The summed E-state index contributed by atoms with van der Waals surface area (Å²) in [6.45, 7) is 6.09. The third-order valence-corrected chi connectivity index (χ3v) is 3.48. The van der Waals surface area contributed by atoms with Crippen LogP contribution < -0.4 is 10.2 Å². The van der Waals surface area contributed by atoms with Gasteiger partial charge in [-0.05, 0) is 19.1 Å². The highest BCUT2D eigenvalue weighted by Crippen LogP contribution is 2.16. The highest BCUT2D eigenvalue weighted by Gasteiger charge is 2.11. The van der Waals surface area contributed by atoms with Crippen LogP contribution in [-0.2, 0) is 11.3 Å². The lowest BCUT2D eigenvalue weighted by Crippen LogP contribution is -2.36. The summed E-state index contributed by atoms with van der Waals surface area (Å²) in [5.74, 6) is 1.01. The summed E-state index contributed by atoms with van der Waals surface area (Å²) in [6, 6.07) is 4.10. The molecule has 6 nitrogen and oxygen atoms in total. The molecule has 0 unspecified atom stereocenters. The molecule has 2 aromatic heterocycles. The number of H-pyrrole nitrogens is 1. The molecule has 1 fully saturated rings. The molecule has 0 spiro atoms. The SMILES string of the molecule is Cc1[nH]cnc1CNc1ccc(N2CCOCC2)nc1. The van der Waals surface area contributed by atoms with E-state index in [4.69, 9.17) is 4.74 Å². The summed E-state index contributed by atoms with van der Waals surface area (Å²) in [5.41, 5.74) is 3.13. The van der Waals surface area contributed by atoms with E-state index in [1.807, 2.05) is 19.2 Å². The number of rotatable bonds is 4. The molecular formula is C14H19N5O. The maximum atomic E-state index is 5.34. The van der Waals surface area contributed by atoms with Gasteiger partial charge in [-0.3, -0.25) is 0 Å². The zero-order chi connectivity index (χ0) is 13.8. The second-order valence-corrected chi connectivity index (χ2v) is 4.83. The molecule has 1 aliphatic rings. The van der Waals surface area contributed by atoms with Crippen molar-refractivity contribution in [1.29, 1.82) is 0 Å². The molecule has 0 bridgehead atoms. The maximum Gasteiger partial charge on any atom is 0.128 e. The summed E-state index contributed by atoms with van der Waals surface area (Å²) in [4.78, 5) is 14.1. The highest BCUT2D eigenvalue weighted by molar-refractivity contribution is 5.49. The molecule has 0 saturated carbocycles. The first-order chi connectivity index (χ1) is 9.83. The fourth-order valence-electron chi connectivity index (χ4n) is 2.22. The number of ether oxygens (including phenoxy) is 1. The van der Waals surface area contributed by atoms with E-state index in [0.29, 0.717) is 6.54 Å². The molecule has 6 heteroatoms. The number of pyridine rings is 1. The van der Waals surface area contributed by atoms with Crippen LogP contribution in [0.4, 0.5) is 11.5 Å². The lowest BCUT2D eigenvalue weighted by atomic mass is 10.3. The molecule has 0 aliphatic carbocycles. The molecule has 0 atom stereocenters. The number of imidazole rings is 1. The van der Waals surface area contributed by atoms with Crippen molar-refractivity contribution in [2.75, 3.05) is 36.5 Å². The average molecular weight is 273 g/mol. The Bertz CT molecular complexity index is 545. The smallest absolute Gasteiger partial charge is 0.128 e. The lowest BCUT2D eigenvalue weighted by Gasteiger charge is -2.27. The van der Waals surface area contributed by atoms with Crippen LogP contribution in [0.3, 0.4) is 0 Å². The first-order valence-electron chi connectivity index (χ1n) is 6.84. The number of morpholine rings is 1. The fourth-order valence-corrected chi connectivity index (χ4v) is 2.22. The topological polar surface area (TPSA) is 66.1 Å². The highest BCUT2D eigenvalue weighted by atomic mass is 16.5. The largest absolute Gasteiger partial charge is 0.378 e. The predicted molar refractivity (Wildman–Crippen MR) is 77.9 cm³/mol. The summed E-state index contributed by atoms with van der Waals surface area (Å²) < 4.78 is 5.34. The molecule has 20 heavy (non-hydrogen) atoms. The van der Waals surface area contributed by atoms with E-state index in [9.17, 15) is 0 Å². The number of hydrogen-bond acceptors (Lipinski definition) is 5. The first-order valence-corrected chi connectivity index (χ1v) is 6.84. The van der Waals surface area contributed by atoms with Gasteiger partial charge >= 0.3 is 0 Å². The number of aryl methyl sites for hydroxylation is 1. The van der Waals surface area contributed by atoms with Crippen molar-refractivity contribution in [1.82, 2.24) is 15.0 Å². The van der Waals surface area contributed by atoms with Gasteiger partial charge in [0.25, 0.3) is 0 Å². The van der Waals surface area contributed by atoms with Gasteiger partial charge in [-0.2, -0.15) is 0 Å². The Balaban J connectivity index is 1.59. The Morgan fingerprint density at radius 1 is 1.30 bits per heavy atom. The van der Waals surface area contributed by atoms with E-state index < -0.39 is 0 Å². The van der Waals surface area contributed by atoms with Gasteiger partial charge in [0.2, 0.25) is 0 Å². The van der Waals surface area contributed by atoms with Crippen molar-refractivity contribution < 1.29 is 4.74 Å². The molecule has 0 aromatic carbocycles. The van der Waals surface area contributed by atoms with Crippen LogP contribution in [0.25, 0.3) is 0 Å². The van der Waals surface area contributed by atoms with Gasteiger partial charge in [0.15, 0.2) is 0 Å². The average Bonchev–Trinajstić information content (AvgIpc) is 2.92. The molecule has 3 heterocycles. The molecule has 2 N–H and O–H groups in total. The second kappa shape index (κ2) is 5.92. The third kappa shape index (κ3) is 2.91. The first kappa shape index (κ1) is 12.9. The van der Waals surface area contributed by atoms with E-state index in [1.165, 1.54) is 0 Å². The van der Waals surface area contributed by atoms with Gasteiger partial charge in [0.05, 0.1) is 43.7 Å². The number of aromatic amines is 1. The summed E-state index contributed by atoms with van der Waals surface area (Å²) in [7, 11) is 0. The van der Waals surface area contributed by atoms with Gasteiger partial charge in [-0.25, -0.2) is 9.97 Å². The molecule has 0 radical (unpaired) electrons. The Kier molecular flexibility index (Phi) is 3.83. The van der Waals surface area contributed by atoms with Crippen LogP contribution in [0.15, 0.2) is 24.7 Å². The van der Waals surface area contributed by atoms with Gasteiger partial charge in [-0.1, -0.05) is 0 Å². The standard InChI is InChI=1S/C14H19N5O/c1-11-13(18-10-17-11)9-15-12-2-3-14(16-8-12)19-4-6-20-7-5-19/h2-3,8,10,15H,4-7,9H2,1H3,(H,17,18). The van der Waals surface area contributed by atoms with Crippen molar-refractivity contribution in [3.8, 4) is 0 Å². The summed E-state index contributed by atoms with van der Waals surface area (Å²) >= 11 is 0. The normalized spacial score (nSPS) is 15.3. The van der Waals surface area contributed by atoms with Gasteiger partial charge < -0.3 is 19.9 Å². The Morgan fingerprint density at radius 2 is 2.15 bits per heavy atom. The van der Waals surface area contributed by atoms with E-state index in [2.05, 4.69) is 31.2 Å². The second-order valence-electron chi connectivity index (χ2n) is 4.83. The van der Waals surface area contributed by atoms with Crippen LogP contribution >= 0.6 is 0 Å². The van der Waals surface area contributed by atoms with E-state index in [1.54, 1.807) is 6.33 Å². The number of nitrogens with zero attached hydrogens (tertiary/aromatic N) is 3. The molecule has 2 aromatic rings. The molecule has 1 aliphatic heterocycles. The Labute approximate surface area is 118 Å². The minimum Gasteiger partial charge on any atom is -0.378 e. The zero-order valence-corrected chi connectivity index (χ0v) is 11.6. The summed E-state index contributed by atoms with van der Waals surface area (Å²) in [5, 5.41) is 3.33. The van der Waals surface area contributed by atoms with Crippen molar-refractivity contribution in [2.45, 2.75) is 13.5 Å². The van der Waals surface area contributed by atoms with Crippen LogP contribution in [0.5, 0.6) is 0 Å². The third-order valence-electron chi connectivity index (χ3n) is 3.48. The van der Waals surface area contributed by atoms with Crippen LogP contribution in [0.1, 0.15) is 11.4 Å². The Morgan fingerprint density at radius 3 is 2.80 bits per heavy atom. The number of nitrogens with one attached hydrogen (secondary N) is 2. The van der Waals surface area contributed by atoms with Gasteiger partial charge in [0.1, 0.15) is 5.82 Å². The monoisotopic (exact) mass is 273 g/mol. The Hall–Kier alpha value is -2.08. The number of aromatic nitrogens is 3. The minimum atomic E-state index is 0.702. The van der Waals surface area contributed by atoms with E-state index in [0.717, 1.165) is 49.2 Å². The minimum absolute atomic E-state index is 0.702. The van der Waals surface area contributed by atoms with E-state index in [-0.39, 0.29) is 0 Å².